The first-order chi connectivity index (χ1) is 10.8. The largest absolute Gasteiger partial charge is 0.379 e. The van der Waals surface area contributed by atoms with Gasteiger partial charge in [-0.25, -0.2) is 0 Å². The molecule has 0 aromatic carbocycles. The number of H-pyrrole nitrogens is 1. The van der Waals surface area contributed by atoms with E-state index in [0.717, 1.165) is 10.2 Å². The molecule has 1 N–H and O–H groups in total. The van der Waals surface area contributed by atoms with Crippen LogP contribution in [0.2, 0.25) is 0 Å². The van der Waals surface area contributed by atoms with Gasteiger partial charge in [0.2, 0.25) is 0 Å². The zero-order chi connectivity index (χ0) is 15.6. The highest BCUT2D eigenvalue weighted by molar-refractivity contribution is 7.71. The number of nitrogens with one attached hydrogen (secondary N) is 1. The highest BCUT2D eigenvalue weighted by Crippen LogP contribution is 2.15. The SMILES string of the molecule is CC1COCCOCC(c2cc(=S)cc[nH]2)COCCOC1. The van der Waals surface area contributed by atoms with Crippen LogP contribution in [-0.2, 0) is 18.9 Å². The number of hydrogen-bond donors (Lipinski definition) is 1. The number of rotatable bonds is 1. The lowest BCUT2D eigenvalue weighted by Crippen LogP contribution is -2.21. The van der Waals surface area contributed by atoms with Gasteiger partial charge in [0, 0.05) is 28.2 Å². The highest BCUT2D eigenvalue weighted by atomic mass is 32.1. The van der Waals surface area contributed by atoms with Crippen LogP contribution >= 0.6 is 12.2 Å². The molecule has 2 rings (SSSR count). The fourth-order valence-corrected chi connectivity index (χ4v) is 2.43. The van der Waals surface area contributed by atoms with E-state index in [4.69, 9.17) is 31.2 Å². The molecule has 6 heteroatoms. The van der Waals surface area contributed by atoms with Crippen molar-refractivity contribution in [3.63, 3.8) is 0 Å². The van der Waals surface area contributed by atoms with Crippen LogP contribution in [0.15, 0.2) is 18.3 Å². The molecule has 0 atom stereocenters. The molecule has 1 aromatic heterocycles. The van der Waals surface area contributed by atoms with Gasteiger partial charge in [-0.15, -0.1) is 0 Å². The number of pyridine rings is 1. The van der Waals surface area contributed by atoms with Crippen molar-refractivity contribution in [1.82, 2.24) is 4.98 Å². The summed E-state index contributed by atoms with van der Waals surface area (Å²) in [6, 6.07) is 3.83. The molecule has 1 aliphatic heterocycles. The minimum atomic E-state index is 0.129. The highest BCUT2D eigenvalue weighted by Gasteiger charge is 2.14. The van der Waals surface area contributed by atoms with Crippen LogP contribution in [0.5, 0.6) is 0 Å². The molecule has 1 saturated heterocycles. The van der Waals surface area contributed by atoms with Crippen LogP contribution < -0.4 is 0 Å². The Labute approximate surface area is 136 Å². The zero-order valence-electron chi connectivity index (χ0n) is 13.1. The molecule has 1 aromatic rings. The van der Waals surface area contributed by atoms with Crippen LogP contribution in [-0.4, -0.2) is 57.8 Å². The smallest absolute Gasteiger partial charge is 0.0700 e. The van der Waals surface area contributed by atoms with E-state index in [-0.39, 0.29) is 5.92 Å². The normalized spacial score (nSPS) is 26.2. The average molecular weight is 327 g/mol. The average Bonchev–Trinajstić information content (AvgIpc) is 2.51. The van der Waals surface area contributed by atoms with Crippen LogP contribution in [0.4, 0.5) is 0 Å². The molecule has 5 nitrogen and oxygen atoms in total. The molecule has 1 fully saturated rings. The first kappa shape index (κ1) is 17.6. The van der Waals surface area contributed by atoms with Crippen molar-refractivity contribution in [1.29, 1.82) is 0 Å². The molecular formula is C16H25NO4S. The molecule has 22 heavy (non-hydrogen) atoms. The standard InChI is InChI=1S/C16H25NO4S/c1-13-9-18-4-6-20-11-14(12-21-7-5-19-10-13)16-8-15(22)2-3-17-16/h2-3,8,13-14H,4-7,9-12H2,1H3,(H,17,22). The first-order valence-electron chi connectivity index (χ1n) is 7.75. The molecule has 0 radical (unpaired) electrons. The molecular weight excluding hydrogens is 302 g/mol. The van der Waals surface area contributed by atoms with Gasteiger partial charge < -0.3 is 23.9 Å². The van der Waals surface area contributed by atoms with Gasteiger partial charge in [-0.3, -0.25) is 0 Å². The van der Waals surface area contributed by atoms with E-state index in [1.807, 2.05) is 18.3 Å². The van der Waals surface area contributed by atoms with E-state index < -0.39 is 0 Å². The van der Waals surface area contributed by atoms with Crippen molar-refractivity contribution in [3.8, 4) is 0 Å². The van der Waals surface area contributed by atoms with Gasteiger partial charge in [-0.1, -0.05) is 19.1 Å². The van der Waals surface area contributed by atoms with Gasteiger partial charge in [0.1, 0.15) is 0 Å². The summed E-state index contributed by atoms with van der Waals surface area (Å²) in [6.45, 7) is 7.02. The van der Waals surface area contributed by atoms with Crippen LogP contribution in [0.25, 0.3) is 0 Å². The maximum absolute atomic E-state index is 5.73. The summed E-state index contributed by atoms with van der Waals surface area (Å²) in [4.78, 5) is 3.23. The van der Waals surface area contributed by atoms with Gasteiger partial charge in [0.25, 0.3) is 0 Å². The Morgan fingerprint density at radius 3 is 2.05 bits per heavy atom. The summed E-state index contributed by atoms with van der Waals surface area (Å²) in [7, 11) is 0. The lowest BCUT2D eigenvalue weighted by atomic mass is 10.1. The number of ether oxygens (including phenoxy) is 4. The van der Waals surface area contributed by atoms with Crippen molar-refractivity contribution in [3.05, 3.63) is 28.5 Å². The molecule has 124 valence electrons. The number of aromatic amines is 1. The van der Waals surface area contributed by atoms with Gasteiger partial charge >= 0.3 is 0 Å². The second-order valence-corrected chi connectivity index (χ2v) is 6.05. The Balaban J connectivity index is 1.91. The van der Waals surface area contributed by atoms with E-state index in [0.29, 0.717) is 58.8 Å². The second-order valence-electron chi connectivity index (χ2n) is 5.58. The fraction of sp³-hybridized carbons (Fsp3) is 0.688. The first-order valence-corrected chi connectivity index (χ1v) is 8.16. The van der Waals surface area contributed by atoms with Gasteiger partial charge in [0.15, 0.2) is 0 Å². The van der Waals surface area contributed by atoms with Crippen molar-refractivity contribution in [2.75, 3.05) is 52.9 Å². The summed E-state index contributed by atoms with van der Waals surface area (Å²) < 4.78 is 23.5. The third-order valence-corrected chi connectivity index (χ3v) is 3.68. The third kappa shape index (κ3) is 6.54. The Kier molecular flexibility index (Phi) is 8.04. The van der Waals surface area contributed by atoms with E-state index in [1.54, 1.807) is 0 Å². The summed E-state index contributed by atoms with van der Waals surface area (Å²) in [5, 5.41) is 0. The zero-order valence-corrected chi connectivity index (χ0v) is 13.9. The fourth-order valence-electron chi connectivity index (χ4n) is 2.23. The van der Waals surface area contributed by atoms with E-state index in [1.165, 1.54) is 0 Å². The topological polar surface area (TPSA) is 52.7 Å². The van der Waals surface area contributed by atoms with E-state index in [2.05, 4.69) is 11.9 Å². The number of hydrogen-bond acceptors (Lipinski definition) is 5. The lowest BCUT2D eigenvalue weighted by molar-refractivity contribution is -0.0202. The predicted octanol–water partition coefficient (Wildman–Crippen LogP) is 2.54. The molecule has 2 heterocycles. The molecule has 0 spiro atoms. The van der Waals surface area contributed by atoms with Crippen molar-refractivity contribution in [2.45, 2.75) is 12.8 Å². The van der Waals surface area contributed by atoms with Crippen molar-refractivity contribution in [2.24, 2.45) is 5.92 Å². The molecule has 0 aliphatic carbocycles. The van der Waals surface area contributed by atoms with Crippen LogP contribution in [0.1, 0.15) is 18.5 Å². The van der Waals surface area contributed by atoms with Crippen molar-refractivity contribution < 1.29 is 18.9 Å². The summed E-state index contributed by atoms with van der Waals surface area (Å²) in [5.41, 5.74) is 1.04. The summed E-state index contributed by atoms with van der Waals surface area (Å²) in [6.07, 6.45) is 1.86. The molecule has 0 amide bonds. The monoisotopic (exact) mass is 327 g/mol. The Bertz CT molecular complexity index is 463. The Hall–Kier alpha value is -0.790. The molecule has 0 saturated carbocycles. The summed E-state index contributed by atoms with van der Waals surface area (Å²) >= 11 is 5.22. The van der Waals surface area contributed by atoms with E-state index >= 15 is 0 Å². The maximum Gasteiger partial charge on any atom is 0.0700 e. The number of aromatic nitrogens is 1. The van der Waals surface area contributed by atoms with Gasteiger partial charge in [0.05, 0.1) is 52.9 Å². The molecule has 1 aliphatic rings. The third-order valence-electron chi connectivity index (χ3n) is 3.42. The van der Waals surface area contributed by atoms with Crippen LogP contribution in [0.3, 0.4) is 0 Å². The molecule has 0 unspecified atom stereocenters. The van der Waals surface area contributed by atoms with Gasteiger partial charge in [-0.2, -0.15) is 0 Å². The predicted molar refractivity (Wildman–Crippen MR) is 86.8 cm³/mol. The van der Waals surface area contributed by atoms with Gasteiger partial charge in [-0.05, 0) is 12.1 Å². The minimum Gasteiger partial charge on any atom is -0.379 e. The molecule has 0 bridgehead atoms. The summed E-state index contributed by atoms with van der Waals surface area (Å²) in [5.74, 6) is 0.518. The minimum absolute atomic E-state index is 0.129. The maximum atomic E-state index is 5.73. The van der Waals surface area contributed by atoms with Crippen molar-refractivity contribution >= 4 is 12.2 Å². The Morgan fingerprint density at radius 1 is 0.955 bits per heavy atom. The van der Waals surface area contributed by atoms with E-state index in [9.17, 15) is 0 Å². The Morgan fingerprint density at radius 2 is 1.50 bits per heavy atom. The second kappa shape index (κ2) is 10.1. The van der Waals surface area contributed by atoms with Crippen LogP contribution in [0, 0.1) is 10.4 Å². The quantitative estimate of drug-likeness (QED) is 0.804. The lowest BCUT2D eigenvalue weighted by Gasteiger charge is -2.19.